The van der Waals surface area contributed by atoms with Crippen molar-refractivity contribution in [2.45, 2.75) is 12.8 Å². The van der Waals surface area contributed by atoms with Crippen LogP contribution in [-0.2, 0) is 0 Å². The number of hydrogen-bond donors (Lipinski definition) is 2. The summed E-state index contributed by atoms with van der Waals surface area (Å²) in [7, 11) is 0. The minimum Gasteiger partial charge on any atom is -0.352 e. The molecular formula is C13H16BrClN2O. The number of hydrogen-bond acceptors (Lipinski definition) is 2. The summed E-state index contributed by atoms with van der Waals surface area (Å²) in [5, 5.41) is 6.86. The summed E-state index contributed by atoms with van der Waals surface area (Å²) >= 11 is 9.26. The van der Waals surface area contributed by atoms with Crippen LogP contribution in [0.4, 0.5) is 0 Å². The highest BCUT2D eigenvalue weighted by molar-refractivity contribution is 9.10. The molecule has 1 fully saturated rings. The number of nitrogens with one attached hydrogen (secondary N) is 2. The zero-order chi connectivity index (χ0) is 13.0. The van der Waals surface area contributed by atoms with Gasteiger partial charge in [-0.1, -0.05) is 27.5 Å². The Morgan fingerprint density at radius 2 is 2.11 bits per heavy atom. The van der Waals surface area contributed by atoms with Crippen molar-refractivity contribution < 1.29 is 4.79 Å². The summed E-state index contributed by atoms with van der Waals surface area (Å²) < 4.78 is 0.821. The predicted octanol–water partition coefficient (Wildman–Crippen LogP) is 2.83. The van der Waals surface area contributed by atoms with Gasteiger partial charge in [0.2, 0.25) is 0 Å². The van der Waals surface area contributed by atoms with Crippen LogP contribution in [-0.4, -0.2) is 25.5 Å². The molecule has 0 unspecified atom stereocenters. The minimum atomic E-state index is -0.0586. The molecule has 0 atom stereocenters. The van der Waals surface area contributed by atoms with Crippen LogP contribution < -0.4 is 10.6 Å². The van der Waals surface area contributed by atoms with E-state index >= 15 is 0 Å². The lowest BCUT2D eigenvalue weighted by Crippen LogP contribution is -2.35. The van der Waals surface area contributed by atoms with E-state index in [4.69, 9.17) is 11.6 Å². The van der Waals surface area contributed by atoms with Crippen LogP contribution in [0, 0.1) is 5.92 Å². The zero-order valence-corrected chi connectivity index (χ0v) is 12.4. The molecule has 3 nitrogen and oxygen atoms in total. The number of carbonyl (C=O) groups is 1. The molecule has 5 heteroatoms. The normalized spacial score (nSPS) is 16.6. The molecule has 1 aliphatic heterocycles. The first-order valence-corrected chi connectivity index (χ1v) is 7.27. The summed E-state index contributed by atoms with van der Waals surface area (Å²) in [6.45, 7) is 2.83. The molecule has 0 bridgehead atoms. The Balaban J connectivity index is 1.90. The van der Waals surface area contributed by atoms with E-state index in [1.165, 1.54) is 0 Å². The van der Waals surface area contributed by atoms with Gasteiger partial charge >= 0.3 is 0 Å². The first-order valence-electron chi connectivity index (χ1n) is 6.10. The second-order valence-corrected chi connectivity index (χ2v) is 5.91. The van der Waals surface area contributed by atoms with Crippen molar-refractivity contribution in [1.29, 1.82) is 0 Å². The third-order valence-electron chi connectivity index (χ3n) is 3.13. The zero-order valence-electron chi connectivity index (χ0n) is 10.0. The Hall–Kier alpha value is -0.580. The van der Waals surface area contributed by atoms with Gasteiger partial charge in [-0.25, -0.2) is 0 Å². The Labute approximate surface area is 120 Å². The second kappa shape index (κ2) is 6.55. The molecule has 1 aromatic carbocycles. The first kappa shape index (κ1) is 13.8. The number of amides is 1. The SMILES string of the molecule is O=C(NCC1CCNCC1)c1cc(Cl)cc(Br)c1. The van der Waals surface area contributed by atoms with Crippen molar-refractivity contribution in [3.8, 4) is 0 Å². The van der Waals surface area contributed by atoms with Crippen LogP contribution in [0.5, 0.6) is 0 Å². The maximum atomic E-state index is 12.0. The number of carbonyl (C=O) groups excluding carboxylic acids is 1. The van der Waals surface area contributed by atoms with Gasteiger partial charge in [-0.3, -0.25) is 4.79 Å². The summed E-state index contributed by atoms with van der Waals surface area (Å²) in [6.07, 6.45) is 2.25. The monoisotopic (exact) mass is 330 g/mol. The van der Waals surface area contributed by atoms with E-state index in [-0.39, 0.29) is 5.91 Å². The molecule has 0 aliphatic carbocycles. The standard InChI is InChI=1S/C13H16BrClN2O/c14-11-5-10(6-12(15)7-11)13(18)17-8-9-1-3-16-4-2-9/h5-7,9,16H,1-4,8H2,(H,17,18). The number of rotatable bonds is 3. The largest absolute Gasteiger partial charge is 0.352 e. The van der Waals surface area contributed by atoms with Gasteiger partial charge in [0.1, 0.15) is 0 Å². The van der Waals surface area contributed by atoms with Crippen molar-refractivity contribution in [3.63, 3.8) is 0 Å². The van der Waals surface area contributed by atoms with Gasteiger partial charge < -0.3 is 10.6 Å². The maximum absolute atomic E-state index is 12.0. The number of halogens is 2. The summed E-state index contributed by atoms with van der Waals surface area (Å²) in [6, 6.07) is 5.23. The van der Waals surface area contributed by atoms with Crippen LogP contribution in [0.1, 0.15) is 23.2 Å². The Kier molecular flexibility index (Phi) is 5.03. The Morgan fingerprint density at radius 1 is 1.39 bits per heavy atom. The number of piperidine rings is 1. The van der Waals surface area contributed by atoms with Gasteiger partial charge in [0.05, 0.1) is 0 Å². The molecule has 2 N–H and O–H groups in total. The highest BCUT2D eigenvalue weighted by atomic mass is 79.9. The predicted molar refractivity (Wildman–Crippen MR) is 77.1 cm³/mol. The maximum Gasteiger partial charge on any atom is 0.251 e. The molecule has 0 spiro atoms. The van der Waals surface area contributed by atoms with Crippen LogP contribution in [0.15, 0.2) is 22.7 Å². The van der Waals surface area contributed by atoms with Crippen LogP contribution >= 0.6 is 27.5 Å². The molecule has 0 radical (unpaired) electrons. The van der Waals surface area contributed by atoms with E-state index in [0.717, 1.165) is 36.9 Å². The molecular weight excluding hydrogens is 316 g/mol. The van der Waals surface area contributed by atoms with Crippen LogP contribution in [0.25, 0.3) is 0 Å². The average molecular weight is 332 g/mol. The van der Waals surface area contributed by atoms with Gasteiger partial charge in [-0.15, -0.1) is 0 Å². The molecule has 2 rings (SSSR count). The lowest BCUT2D eigenvalue weighted by molar-refractivity contribution is 0.0944. The fourth-order valence-electron chi connectivity index (χ4n) is 2.11. The van der Waals surface area contributed by atoms with Crippen molar-refractivity contribution >= 4 is 33.4 Å². The summed E-state index contributed by atoms with van der Waals surface area (Å²) in [5.74, 6) is 0.523. The molecule has 18 heavy (non-hydrogen) atoms. The third-order valence-corrected chi connectivity index (χ3v) is 3.81. The van der Waals surface area contributed by atoms with Crippen molar-refractivity contribution in [2.24, 2.45) is 5.92 Å². The Bertz CT molecular complexity index is 413. The minimum absolute atomic E-state index is 0.0586. The van der Waals surface area contributed by atoms with E-state index in [9.17, 15) is 4.79 Å². The lowest BCUT2D eigenvalue weighted by Gasteiger charge is -2.22. The van der Waals surface area contributed by atoms with Gasteiger partial charge in [-0.05, 0) is 50.0 Å². The topological polar surface area (TPSA) is 41.1 Å². The summed E-state index contributed by atoms with van der Waals surface area (Å²) in [5.41, 5.74) is 0.600. The van der Waals surface area contributed by atoms with E-state index in [1.807, 2.05) is 0 Å². The van der Waals surface area contributed by atoms with Gasteiger partial charge in [0.25, 0.3) is 5.91 Å². The Morgan fingerprint density at radius 3 is 2.78 bits per heavy atom. The fraction of sp³-hybridized carbons (Fsp3) is 0.462. The number of benzene rings is 1. The van der Waals surface area contributed by atoms with Crippen molar-refractivity contribution in [1.82, 2.24) is 10.6 Å². The van der Waals surface area contributed by atoms with Gasteiger partial charge in [0.15, 0.2) is 0 Å². The van der Waals surface area contributed by atoms with Gasteiger partial charge in [-0.2, -0.15) is 0 Å². The lowest BCUT2D eigenvalue weighted by atomic mass is 9.98. The van der Waals surface area contributed by atoms with Crippen LogP contribution in [0.2, 0.25) is 5.02 Å². The molecule has 98 valence electrons. The molecule has 0 aromatic heterocycles. The van der Waals surface area contributed by atoms with Crippen molar-refractivity contribution in [2.75, 3.05) is 19.6 Å². The summed E-state index contributed by atoms with van der Waals surface area (Å²) in [4.78, 5) is 12.0. The smallest absolute Gasteiger partial charge is 0.251 e. The highest BCUT2D eigenvalue weighted by Gasteiger charge is 2.14. The first-order chi connectivity index (χ1) is 8.65. The average Bonchev–Trinajstić information content (AvgIpc) is 2.36. The third kappa shape index (κ3) is 3.97. The molecule has 1 saturated heterocycles. The van der Waals surface area contributed by atoms with Crippen LogP contribution in [0.3, 0.4) is 0 Å². The van der Waals surface area contributed by atoms with E-state index < -0.39 is 0 Å². The highest BCUT2D eigenvalue weighted by Crippen LogP contribution is 2.19. The molecule has 1 amide bonds. The fourth-order valence-corrected chi connectivity index (χ4v) is 2.97. The van der Waals surface area contributed by atoms with E-state index in [0.29, 0.717) is 16.5 Å². The van der Waals surface area contributed by atoms with Gasteiger partial charge in [0, 0.05) is 21.6 Å². The van der Waals surface area contributed by atoms with Crippen molar-refractivity contribution in [3.05, 3.63) is 33.3 Å². The van der Waals surface area contributed by atoms with E-state index in [1.54, 1.807) is 18.2 Å². The molecule has 1 heterocycles. The molecule has 0 saturated carbocycles. The quantitative estimate of drug-likeness (QED) is 0.894. The molecule has 1 aromatic rings. The second-order valence-electron chi connectivity index (χ2n) is 4.56. The van der Waals surface area contributed by atoms with E-state index in [2.05, 4.69) is 26.6 Å². The molecule has 1 aliphatic rings.